The predicted molar refractivity (Wildman–Crippen MR) is 76.6 cm³/mol. The van der Waals surface area contributed by atoms with Crippen molar-refractivity contribution in [3.63, 3.8) is 0 Å². The van der Waals surface area contributed by atoms with E-state index in [0.717, 1.165) is 5.56 Å². The standard InChI is InChI=1S/C16H17NO3/c1-13(12-19-2)20-16(18)15(11-17)10-6-9-14-7-4-3-5-8-14/h3-10,13H,12H2,1-2H3/b9-6+,15-10+/t13-/m1/s1. The van der Waals surface area contributed by atoms with Crippen molar-refractivity contribution in [2.24, 2.45) is 0 Å². The lowest BCUT2D eigenvalue weighted by Gasteiger charge is -2.10. The molecule has 0 aliphatic heterocycles. The monoisotopic (exact) mass is 271 g/mol. The van der Waals surface area contributed by atoms with Crippen LogP contribution in [0, 0.1) is 11.3 Å². The van der Waals surface area contributed by atoms with Crippen LogP contribution in [0.2, 0.25) is 0 Å². The zero-order chi connectivity index (χ0) is 14.8. The molecule has 1 aromatic carbocycles. The third-order valence-corrected chi connectivity index (χ3v) is 2.40. The first-order valence-corrected chi connectivity index (χ1v) is 6.20. The largest absolute Gasteiger partial charge is 0.456 e. The van der Waals surface area contributed by atoms with Crippen molar-refractivity contribution in [3.05, 3.63) is 53.6 Å². The lowest BCUT2D eigenvalue weighted by atomic mass is 10.2. The van der Waals surface area contributed by atoms with Crippen molar-refractivity contribution in [2.75, 3.05) is 13.7 Å². The number of hydrogen-bond acceptors (Lipinski definition) is 4. The highest BCUT2D eigenvalue weighted by molar-refractivity contribution is 5.93. The van der Waals surface area contributed by atoms with E-state index >= 15 is 0 Å². The summed E-state index contributed by atoms with van der Waals surface area (Å²) in [7, 11) is 1.52. The first kappa shape index (κ1) is 15.7. The highest BCUT2D eigenvalue weighted by atomic mass is 16.6. The maximum Gasteiger partial charge on any atom is 0.349 e. The van der Waals surface area contributed by atoms with Gasteiger partial charge in [0.15, 0.2) is 0 Å². The van der Waals surface area contributed by atoms with Crippen LogP contribution >= 0.6 is 0 Å². The van der Waals surface area contributed by atoms with E-state index < -0.39 is 5.97 Å². The number of benzene rings is 1. The Bertz CT molecular complexity index is 526. The maximum atomic E-state index is 11.7. The van der Waals surface area contributed by atoms with Gasteiger partial charge in [-0.25, -0.2) is 4.79 Å². The van der Waals surface area contributed by atoms with Crippen LogP contribution in [0.4, 0.5) is 0 Å². The summed E-state index contributed by atoms with van der Waals surface area (Å²) in [6.07, 6.45) is 4.51. The summed E-state index contributed by atoms with van der Waals surface area (Å²) >= 11 is 0. The Kier molecular flexibility index (Phi) is 6.80. The van der Waals surface area contributed by atoms with Crippen LogP contribution in [-0.2, 0) is 14.3 Å². The number of esters is 1. The van der Waals surface area contributed by atoms with Crippen molar-refractivity contribution in [1.82, 2.24) is 0 Å². The molecule has 0 aliphatic carbocycles. The first-order valence-electron chi connectivity index (χ1n) is 6.20. The Hall–Kier alpha value is -2.38. The van der Waals surface area contributed by atoms with Crippen molar-refractivity contribution in [3.8, 4) is 6.07 Å². The van der Waals surface area contributed by atoms with Crippen molar-refractivity contribution >= 4 is 12.0 Å². The molecular formula is C16H17NO3. The zero-order valence-corrected chi connectivity index (χ0v) is 11.6. The fraction of sp³-hybridized carbons (Fsp3) is 0.250. The minimum absolute atomic E-state index is 0.0415. The van der Waals surface area contributed by atoms with Gasteiger partial charge in [0.05, 0.1) is 6.61 Å². The summed E-state index contributed by atoms with van der Waals surface area (Å²) in [5.74, 6) is -0.644. The number of methoxy groups -OCH3 is 1. The molecule has 0 radical (unpaired) electrons. The molecule has 104 valence electrons. The lowest BCUT2D eigenvalue weighted by molar-refractivity contribution is -0.145. The average Bonchev–Trinajstić information content (AvgIpc) is 2.44. The molecule has 0 N–H and O–H groups in total. The van der Waals surface area contributed by atoms with E-state index in [1.165, 1.54) is 13.2 Å². The highest BCUT2D eigenvalue weighted by Crippen LogP contribution is 2.04. The summed E-state index contributed by atoms with van der Waals surface area (Å²) in [6, 6.07) is 11.4. The van der Waals surface area contributed by atoms with Crippen molar-refractivity contribution in [2.45, 2.75) is 13.0 Å². The van der Waals surface area contributed by atoms with Gasteiger partial charge in [-0.3, -0.25) is 0 Å². The molecule has 0 saturated heterocycles. The van der Waals surface area contributed by atoms with Gasteiger partial charge >= 0.3 is 5.97 Å². The van der Waals surface area contributed by atoms with Crippen LogP contribution < -0.4 is 0 Å². The number of carbonyl (C=O) groups is 1. The van der Waals surface area contributed by atoms with Crippen LogP contribution in [0.1, 0.15) is 12.5 Å². The highest BCUT2D eigenvalue weighted by Gasteiger charge is 2.13. The number of rotatable bonds is 6. The molecule has 0 amide bonds. The molecule has 0 heterocycles. The average molecular weight is 271 g/mol. The molecule has 0 unspecified atom stereocenters. The molecule has 0 saturated carbocycles. The summed E-state index contributed by atoms with van der Waals surface area (Å²) < 4.78 is 9.92. The molecule has 0 aromatic heterocycles. The van der Waals surface area contributed by atoms with Crippen LogP contribution in [0.25, 0.3) is 6.08 Å². The van der Waals surface area contributed by atoms with Gasteiger partial charge in [-0.05, 0) is 18.6 Å². The van der Waals surface area contributed by atoms with Crippen LogP contribution in [-0.4, -0.2) is 25.8 Å². The molecular weight excluding hydrogens is 254 g/mol. The van der Waals surface area contributed by atoms with Gasteiger partial charge < -0.3 is 9.47 Å². The second-order valence-electron chi connectivity index (χ2n) is 4.13. The third-order valence-electron chi connectivity index (χ3n) is 2.40. The quantitative estimate of drug-likeness (QED) is 0.345. The normalized spacial score (nSPS) is 12.9. The Balaban J connectivity index is 2.66. The first-order chi connectivity index (χ1) is 9.67. The SMILES string of the molecule is COC[C@@H](C)OC(=O)/C(C#N)=C/C=C/c1ccccc1. The fourth-order valence-electron chi connectivity index (χ4n) is 1.49. The number of carbonyl (C=O) groups excluding carboxylic acids is 1. The summed E-state index contributed by atoms with van der Waals surface area (Å²) in [5.41, 5.74) is 0.947. The molecule has 0 aliphatic rings. The Morgan fingerprint density at radius 1 is 1.40 bits per heavy atom. The molecule has 1 rings (SSSR count). The van der Waals surface area contributed by atoms with E-state index in [9.17, 15) is 4.79 Å². The van der Waals surface area contributed by atoms with Gasteiger partial charge in [-0.15, -0.1) is 0 Å². The topological polar surface area (TPSA) is 59.3 Å². The van der Waals surface area contributed by atoms with E-state index in [1.54, 1.807) is 13.0 Å². The van der Waals surface area contributed by atoms with Crippen molar-refractivity contribution < 1.29 is 14.3 Å². The second-order valence-corrected chi connectivity index (χ2v) is 4.13. The van der Waals surface area contributed by atoms with Crippen LogP contribution in [0.3, 0.4) is 0 Å². The van der Waals surface area contributed by atoms with Crippen LogP contribution in [0.15, 0.2) is 48.1 Å². The van der Waals surface area contributed by atoms with E-state index in [1.807, 2.05) is 42.5 Å². The Labute approximate surface area is 118 Å². The zero-order valence-electron chi connectivity index (χ0n) is 11.6. The fourth-order valence-corrected chi connectivity index (χ4v) is 1.49. The van der Waals surface area contributed by atoms with Gasteiger partial charge in [-0.2, -0.15) is 5.26 Å². The molecule has 0 fully saturated rings. The Morgan fingerprint density at radius 2 is 2.10 bits per heavy atom. The minimum Gasteiger partial charge on any atom is -0.456 e. The number of ether oxygens (including phenoxy) is 2. The summed E-state index contributed by atoms with van der Waals surface area (Å²) in [6.45, 7) is 2.00. The molecule has 1 atom stereocenters. The van der Waals surface area contributed by atoms with E-state index in [-0.39, 0.29) is 11.7 Å². The number of hydrogen-bond donors (Lipinski definition) is 0. The van der Waals surface area contributed by atoms with Gasteiger partial charge in [0.1, 0.15) is 17.7 Å². The lowest BCUT2D eigenvalue weighted by Crippen LogP contribution is -2.20. The van der Waals surface area contributed by atoms with E-state index in [4.69, 9.17) is 14.7 Å². The minimum atomic E-state index is -0.644. The second kappa shape index (κ2) is 8.68. The Morgan fingerprint density at radius 3 is 2.70 bits per heavy atom. The van der Waals surface area contributed by atoms with Gasteiger partial charge in [0, 0.05) is 7.11 Å². The number of nitrogens with zero attached hydrogens (tertiary/aromatic N) is 1. The van der Waals surface area contributed by atoms with E-state index in [0.29, 0.717) is 6.61 Å². The molecule has 20 heavy (non-hydrogen) atoms. The molecule has 1 aromatic rings. The maximum absolute atomic E-state index is 11.7. The molecule has 0 spiro atoms. The van der Waals surface area contributed by atoms with Crippen LogP contribution in [0.5, 0.6) is 0 Å². The van der Waals surface area contributed by atoms with Gasteiger partial charge in [0.2, 0.25) is 0 Å². The summed E-state index contributed by atoms with van der Waals surface area (Å²) in [4.78, 5) is 11.7. The third kappa shape index (κ3) is 5.51. The van der Waals surface area contributed by atoms with Crippen molar-refractivity contribution in [1.29, 1.82) is 5.26 Å². The molecule has 4 heteroatoms. The summed E-state index contributed by atoms with van der Waals surface area (Å²) in [5, 5.41) is 8.95. The smallest absolute Gasteiger partial charge is 0.349 e. The van der Waals surface area contributed by atoms with Gasteiger partial charge in [-0.1, -0.05) is 42.5 Å². The number of nitriles is 1. The van der Waals surface area contributed by atoms with E-state index in [2.05, 4.69) is 0 Å². The number of allylic oxidation sites excluding steroid dienone is 2. The molecule has 4 nitrogen and oxygen atoms in total. The molecule has 0 bridgehead atoms. The predicted octanol–water partition coefficient (Wildman–Crippen LogP) is 2.73. The van der Waals surface area contributed by atoms with Gasteiger partial charge in [0.25, 0.3) is 0 Å².